The maximum Gasteiger partial charge on any atom is 0.244 e. The quantitative estimate of drug-likeness (QED) is 0.647. The molecule has 0 saturated heterocycles. The second kappa shape index (κ2) is 9.98. The number of anilines is 1. The lowest BCUT2D eigenvalue weighted by Gasteiger charge is -2.31. The van der Waals surface area contributed by atoms with E-state index in [0.29, 0.717) is 18.5 Å². The van der Waals surface area contributed by atoms with Crippen molar-refractivity contribution in [2.24, 2.45) is 0 Å². The standard InChI is InChI=1S/C23H32N2O4S/c1-7-20(18-12-13-22(29-5)17(4)15-18)24-23(26)21(8-2)25(30(6,27)28)19-11-9-10-16(3)14-19/h9-15,20-21H,7-8H2,1-6H3,(H,24,26). The van der Waals surface area contributed by atoms with Crippen LogP contribution in [0.1, 0.15) is 49.4 Å². The minimum absolute atomic E-state index is 0.227. The average molecular weight is 433 g/mol. The van der Waals surface area contributed by atoms with Crippen molar-refractivity contribution in [1.29, 1.82) is 0 Å². The van der Waals surface area contributed by atoms with E-state index < -0.39 is 16.1 Å². The van der Waals surface area contributed by atoms with Gasteiger partial charge < -0.3 is 10.1 Å². The fourth-order valence-electron chi connectivity index (χ4n) is 3.63. The Bertz CT molecular complexity index is 988. The van der Waals surface area contributed by atoms with Crippen LogP contribution < -0.4 is 14.4 Å². The molecule has 1 amide bonds. The summed E-state index contributed by atoms with van der Waals surface area (Å²) in [7, 11) is -2.03. The van der Waals surface area contributed by atoms with Gasteiger partial charge in [0.15, 0.2) is 0 Å². The van der Waals surface area contributed by atoms with Gasteiger partial charge in [-0.05, 0) is 61.6 Å². The Morgan fingerprint density at radius 2 is 1.80 bits per heavy atom. The Balaban J connectivity index is 2.35. The van der Waals surface area contributed by atoms with Gasteiger partial charge in [-0.3, -0.25) is 9.10 Å². The summed E-state index contributed by atoms with van der Waals surface area (Å²) in [4.78, 5) is 13.2. The number of methoxy groups -OCH3 is 1. The summed E-state index contributed by atoms with van der Waals surface area (Å²) in [6.45, 7) is 7.65. The smallest absolute Gasteiger partial charge is 0.244 e. The number of nitrogens with zero attached hydrogens (tertiary/aromatic N) is 1. The summed E-state index contributed by atoms with van der Waals surface area (Å²) >= 11 is 0. The highest BCUT2D eigenvalue weighted by atomic mass is 32.2. The lowest BCUT2D eigenvalue weighted by Crippen LogP contribution is -2.50. The van der Waals surface area contributed by atoms with Crippen LogP contribution in [-0.2, 0) is 14.8 Å². The van der Waals surface area contributed by atoms with E-state index in [-0.39, 0.29) is 11.9 Å². The third-order valence-corrected chi connectivity index (χ3v) is 6.31. The van der Waals surface area contributed by atoms with Crippen molar-refractivity contribution >= 4 is 21.6 Å². The fraction of sp³-hybridized carbons (Fsp3) is 0.435. The monoisotopic (exact) mass is 432 g/mol. The zero-order chi connectivity index (χ0) is 22.5. The number of carbonyl (C=O) groups excluding carboxylic acids is 1. The first-order valence-electron chi connectivity index (χ1n) is 10.1. The Hall–Kier alpha value is -2.54. The van der Waals surface area contributed by atoms with Crippen LogP contribution in [0, 0.1) is 13.8 Å². The van der Waals surface area contributed by atoms with E-state index in [1.807, 2.05) is 52.0 Å². The van der Waals surface area contributed by atoms with Crippen LogP contribution in [0.15, 0.2) is 42.5 Å². The van der Waals surface area contributed by atoms with Crippen molar-refractivity contribution in [3.05, 3.63) is 59.2 Å². The van der Waals surface area contributed by atoms with Crippen molar-refractivity contribution in [2.45, 2.75) is 52.6 Å². The number of rotatable bonds is 9. The number of nitrogens with one attached hydrogen (secondary N) is 1. The van der Waals surface area contributed by atoms with E-state index in [0.717, 1.165) is 28.7 Å². The summed E-state index contributed by atoms with van der Waals surface area (Å²) in [6, 6.07) is 11.9. The molecule has 0 aliphatic heterocycles. The molecular weight excluding hydrogens is 400 g/mol. The van der Waals surface area contributed by atoms with Crippen LogP contribution in [0.25, 0.3) is 0 Å². The predicted octanol–water partition coefficient (Wildman–Crippen LogP) is 4.12. The molecule has 2 unspecified atom stereocenters. The fourth-order valence-corrected chi connectivity index (χ4v) is 4.84. The highest BCUT2D eigenvalue weighted by molar-refractivity contribution is 7.92. The van der Waals surface area contributed by atoms with Crippen molar-refractivity contribution in [2.75, 3.05) is 17.7 Å². The second-order valence-corrected chi connectivity index (χ2v) is 9.38. The summed E-state index contributed by atoms with van der Waals surface area (Å²) in [5.41, 5.74) is 3.36. The molecule has 2 rings (SSSR count). The topological polar surface area (TPSA) is 75.7 Å². The van der Waals surface area contributed by atoms with Crippen LogP contribution in [0.3, 0.4) is 0 Å². The Kier molecular flexibility index (Phi) is 7.89. The lowest BCUT2D eigenvalue weighted by atomic mass is 10.0. The van der Waals surface area contributed by atoms with Crippen LogP contribution >= 0.6 is 0 Å². The molecular formula is C23H32N2O4S. The Morgan fingerprint density at radius 1 is 1.10 bits per heavy atom. The molecule has 2 atom stereocenters. The molecule has 6 nitrogen and oxygen atoms in total. The minimum atomic E-state index is -3.66. The van der Waals surface area contributed by atoms with Crippen molar-refractivity contribution in [3.63, 3.8) is 0 Å². The number of amides is 1. The lowest BCUT2D eigenvalue weighted by molar-refractivity contribution is -0.123. The van der Waals surface area contributed by atoms with E-state index in [2.05, 4.69) is 5.32 Å². The van der Waals surface area contributed by atoms with Gasteiger partial charge in [0.25, 0.3) is 0 Å². The predicted molar refractivity (Wildman–Crippen MR) is 121 cm³/mol. The highest BCUT2D eigenvalue weighted by Gasteiger charge is 2.32. The van der Waals surface area contributed by atoms with E-state index in [1.54, 1.807) is 25.3 Å². The molecule has 7 heteroatoms. The van der Waals surface area contributed by atoms with Crippen LogP contribution in [0.4, 0.5) is 5.69 Å². The minimum Gasteiger partial charge on any atom is -0.496 e. The van der Waals surface area contributed by atoms with Gasteiger partial charge in [-0.25, -0.2) is 8.42 Å². The molecule has 2 aromatic carbocycles. The van der Waals surface area contributed by atoms with Gasteiger partial charge in [0.1, 0.15) is 11.8 Å². The first-order valence-corrected chi connectivity index (χ1v) is 12.0. The number of benzene rings is 2. The molecule has 0 spiro atoms. The number of ether oxygens (including phenoxy) is 1. The molecule has 0 radical (unpaired) electrons. The SMILES string of the molecule is CCC(NC(=O)C(CC)N(c1cccc(C)c1)S(C)(=O)=O)c1ccc(OC)c(C)c1. The van der Waals surface area contributed by atoms with Crippen molar-refractivity contribution in [1.82, 2.24) is 5.32 Å². The van der Waals surface area contributed by atoms with Crippen LogP contribution in [0.2, 0.25) is 0 Å². The van der Waals surface area contributed by atoms with Crippen molar-refractivity contribution < 1.29 is 17.9 Å². The van der Waals surface area contributed by atoms with E-state index in [9.17, 15) is 13.2 Å². The Morgan fingerprint density at radius 3 is 2.30 bits per heavy atom. The van der Waals surface area contributed by atoms with Gasteiger partial charge in [-0.2, -0.15) is 0 Å². The van der Waals surface area contributed by atoms with Gasteiger partial charge >= 0.3 is 0 Å². The summed E-state index contributed by atoms with van der Waals surface area (Å²) in [5, 5.41) is 3.05. The van der Waals surface area contributed by atoms with E-state index in [4.69, 9.17) is 4.74 Å². The number of hydrogen-bond donors (Lipinski definition) is 1. The van der Waals surface area contributed by atoms with Crippen LogP contribution in [-0.4, -0.2) is 33.7 Å². The number of carbonyl (C=O) groups is 1. The molecule has 30 heavy (non-hydrogen) atoms. The molecule has 164 valence electrons. The molecule has 0 fully saturated rings. The van der Waals surface area contributed by atoms with E-state index >= 15 is 0 Å². The van der Waals surface area contributed by atoms with Crippen molar-refractivity contribution in [3.8, 4) is 5.75 Å². The normalized spacial score (nSPS) is 13.4. The summed E-state index contributed by atoms with van der Waals surface area (Å²) in [5.74, 6) is 0.471. The molecule has 0 bridgehead atoms. The van der Waals surface area contributed by atoms with E-state index in [1.165, 1.54) is 4.31 Å². The Labute approximate surface area is 180 Å². The number of hydrogen-bond acceptors (Lipinski definition) is 4. The van der Waals surface area contributed by atoms with Gasteiger partial charge in [-0.1, -0.05) is 38.1 Å². The highest BCUT2D eigenvalue weighted by Crippen LogP contribution is 2.27. The van der Waals surface area contributed by atoms with Crippen LogP contribution in [0.5, 0.6) is 5.75 Å². The molecule has 0 heterocycles. The number of aryl methyl sites for hydroxylation is 2. The third-order valence-electron chi connectivity index (χ3n) is 5.13. The van der Waals surface area contributed by atoms with Gasteiger partial charge in [0, 0.05) is 0 Å². The maximum absolute atomic E-state index is 13.2. The molecule has 0 aliphatic carbocycles. The summed E-state index contributed by atoms with van der Waals surface area (Å²) < 4.78 is 31.8. The number of sulfonamides is 1. The first-order chi connectivity index (χ1) is 14.1. The zero-order valence-corrected chi connectivity index (χ0v) is 19.4. The molecule has 1 N–H and O–H groups in total. The molecule has 2 aromatic rings. The zero-order valence-electron chi connectivity index (χ0n) is 18.6. The average Bonchev–Trinajstić information content (AvgIpc) is 2.68. The molecule has 0 saturated carbocycles. The molecule has 0 aliphatic rings. The second-order valence-electron chi connectivity index (χ2n) is 7.52. The third kappa shape index (κ3) is 5.53. The summed E-state index contributed by atoms with van der Waals surface area (Å²) in [6.07, 6.45) is 2.16. The van der Waals surface area contributed by atoms with Gasteiger partial charge in [0.2, 0.25) is 15.9 Å². The van der Waals surface area contributed by atoms with Gasteiger partial charge in [0.05, 0.1) is 25.1 Å². The largest absolute Gasteiger partial charge is 0.496 e. The first kappa shape index (κ1) is 23.7. The maximum atomic E-state index is 13.2. The molecule has 0 aromatic heterocycles. The van der Waals surface area contributed by atoms with Gasteiger partial charge in [-0.15, -0.1) is 0 Å².